The van der Waals surface area contributed by atoms with Gasteiger partial charge in [0.15, 0.2) is 0 Å². The SMILES string of the molecule is O=C(Nc1cccc(OS(=O)(=O)c2ccccc2)c1)Nc1cccc(OS(=O)(=O)c2cccc3ccccc23)c1. The van der Waals surface area contributed by atoms with Crippen LogP contribution < -0.4 is 19.0 Å². The quantitative estimate of drug-likeness (QED) is 0.217. The van der Waals surface area contributed by atoms with E-state index in [0.717, 1.165) is 5.39 Å². The Hall–Kier alpha value is -4.87. The van der Waals surface area contributed by atoms with Crippen LogP contribution in [-0.2, 0) is 20.2 Å². The van der Waals surface area contributed by atoms with Crippen molar-refractivity contribution in [3.05, 3.63) is 121 Å². The van der Waals surface area contributed by atoms with Crippen LogP contribution in [0.4, 0.5) is 16.2 Å². The van der Waals surface area contributed by atoms with Crippen LogP contribution in [0.2, 0.25) is 0 Å². The standard InChI is InChI=1S/C29H22N2O7S2/c32-29(30-22-11-7-13-24(19-22)37-39(33,34)26-15-2-1-3-16-26)31-23-12-8-14-25(20-23)38-40(35,36)28-18-6-10-21-9-4-5-17-27(21)28/h1-20H,(H2,30,31,32). The van der Waals surface area contributed by atoms with Crippen LogP contribution in [0.5, 0.6) is 11.5 Å². The Bertz CT molecular complexity index is 1900. The van der Waals surface area contributed by atoms with Crippen molar-refractivity contribution in [2.24, 2.45) is 0 Å². The maximum atomic E-state index is 13.0. The average molecular weight is 575 g/mol. The van der Waals surface area contributed by atoms with E-state index in [4.69, 9.17) is 8.37 Å². The number of carbonyl (C=O) groups is 1. The maximum absolute atomic E-state index is 13.0. The highest BCUT2D eigenvalue weighted by Gasteiger charge is 2.20. The van der Waals surface area contributed by atoms with Crippen LogP contribution >= 0.6 is 0 Å². The highest BCUT2D eigenvalue weighted by Crippen LogP contribution is 2.27. The minimum atomic E-state index is -4.16. The third-order valence-corrected chi connectivity index (χ3v) is 8.21. The van der Waals surface area contributed by atoms with Gasteiger partial charge in [-0.1, -0.05) is 66.7 Å². The third-order valence-electron chi connectivity index (χ3n) is 5.65. The van der Waals surface area contributed by atoms with Crippen molar-refractivity contribution in [3.63, 3.8) is 0 Å². The Morgan fingerprint density at radius 1 is 0.550 bits per heavy atom. The van der Waals surface area contributed by atoms with Crippen LogP contribution in [0.3, 0.4) is 0 Å². The monoisotopic (exact) mass is 574 g/mol. The molecule has 0 aliphatic heterocycles. The van der Waals surface area contributed by atoms with E-state index in [1.807, 2.05) is 18.2 Å². The number of carbonyl (C=O) groups excluding carboxylic acids is 1. The molecule has 0 radical (unpaired) electrons. The second-order valence-electron chi connectivity index (χ2n) is 8.50. The van der Waals surface area contributed by atoms with Crippen molar-refractivity contribution in [2.75, 3.05) is 10.6 Å². The number of anilines is 2. The molecule has 0 saturated heterocycles. The molecule has 202 valence electrons. The Morgan fingerprint density at radius 3 is 1.73 bits per heavy atom. The molecular formula is C29H22N2O7S2. The number of hydrogen-bond donors (Lipinski definition) is 2. The van der Waals surface area contributed by atoms with Gasteiger partial charge in [0.25, 0.3) is 0 Å². The lowest BCUT2D eigenvalue weighted by atomic mass is 10.1. The van der Waals surface area contributed by atoms with Gasteiger partial charge in [-0.05, 0) is 47.9 Å². The van der Waals surface area contributed by atoms with Gasteiger partial charge in [-0.25, -0.2) is 4.79 Å². The fourth-order valence-electron chi connectivity index (χ4n) is 3.89. The number of benzene rings is 5. The van der Waals surface area contributed by atoms with Gasteiger partial charge in [-0.2, -0.15) is 16.8 Å². The van der Waals surface area contributed by atoms with Crippen LogP contribution in [0.15, 0.2) is 131 Å². The smallest absolute Gasteiger partial charge is 0.339 e. The van der Waals surface area contributed by atoms with Crippen LogP contribution in [0, 0.1) is 0 Å². The second-order valence-corrected chi connectivity index (χ2v) is 11.6. The summed E-state index contributed by atoms with van der Waals surface area (Å²) in [7, 11) is -8.22. The molecule has 0 aromatic heterocycles. The Kier molecular flexibility index (Phi) is 7.41. The van der Waals surface area contributed by atoms with Crippen LogP contribution in [0.1, 0.15) is 0 Å². The summed E-state index contributed by atoms with van der Waals surface area (Å²) in [5.41, 5.74) is 0.534. The second kappa shape index (κ2) is 11.1. The lowest BCUT2D eigenvalue weighted by Crippen LogP contribution is -2.19. The summed E-state index contributed by atoms with van der Waals surface area (Å²) in [5.74, 6) is 0.0166. The zero-order valence-corrected chi connectivity index (χ0v) is 22.4. The van der Waals surface area contributed by atoms with Gasteiger partial charge in [0.2, 0.25) is 0 Å². The molecular weight excluding hydrogens is 552 g/mol. The maximum Gasteiger partial charge on any atom is 0.339 e. The largest absolute Gasteiger partial charge is 0.379 e. The molecule has 5 aromatic carbocycles. The molecule has 0 fully saturated rings. The Labute approximate surface area is 231 Å². The molecule has 2 N–H and O–H groups in total. The summed E-state index contributed by atoms with van der Waals surface area (Å²) in [6.45, 7) is 0. The fourth-order valence-corrected chi connectivity index (χ4v) is 5.98. The first kappa shape index (κ1) is 26.7. The Balaban J connectivity index is 1.26. The molecule has 0 unspecified atom stereocenters. The van der Waals surface area contributed by atoms with Crippen molar-refractivity contribution in [1.29, 1.82) is 0 Å². The minimum absolute atomic E-state index is 0.00401. The van der Waals surface area contributed by atoms with Gasteiger partial charge >= 0.3 is 26.3 Å². The molecule has 5 rings (SSSR count). The van der Waals surface area contributed by atoms with Gasteiger partial charge in [-0.3, -0.25) is 0 Å². The first-order chi connectivity index (χ1) is 19.2. The predicted molar refractivity (Wildman–Crippen MR) is 152 cm³/mol. The normalized spacial score (nSPS) is 11.5. The van der Waals surface area contributed by atoms with E-state index in [1.54, 1.807) is 48.5 Å². The zero-order valence-electron chi connectivity index (χ0n) is 20.7. The van der Waals surface area contributed by atoms with E-state index in [-0.39, 0.29) is 32.7 Å². The average Bonchev–Trinajstić information content (AvgIpc) is 2.93. The van der Waals surface area contributed by atoms with E-state index in [1.165, 1.54) is 54.6 Å². The topological polar surface area (TPSA) is 128 Å². The highest BCUT2D eigenvalue weighted by molar-refractivity contribution is 7.87. The summed E-state index contributed by atoms with van der Waals surface area (Å²) in [6, 6.07) is 30.8. The van der Waals surface area contributed by atoms with Crippen molar-refractivity contribution < 1.29 is 30.0 Å². The summed E-state index contributed by atoms with van der Waals surface area (Å²) < 4.78 is 61.6. The fraction of sp³-hybridized carbons (Fsp3) is 0. The highest BCUT2D eigenvalue weighted by atomic mass is 32.2. The number of urea groups is 1. The lowest BCUT2D eigenvalue weighted by molar-refractivity contribution is 0.262. The molecule has 0 heterocycles. The number of hydrogen-bond acceptors (Lipinski definition) is 7. The first-order valence-electron chi connectivity index (χ1n) is 11.9. The van der Waals surface area contributed by atoms with Crippen molar-refractivity contribution in [2.45, 2.75) is 9.79 Å². The summed E-state index contributed by atoms with van der Waals surface area (Å²) in [4.78, 5) is 12.6. The predicted octanol–water partition coefficient (Wildman–Crippen LogP) is 6.02. The molecule has 0 bridgehead atoms. The number of nitrogens with one attached hydrogen (secondary N) is 2. The van der Waals surface area contributed by atoms with E-state index in [0.29, 0.717) is 5.39 Å². The molecule has 0 saturated carbocycles. The van der Waals surface area contributed by atoms with E-state index < -0.39 is 26.3 Å². The molecule has 11 heteroatoms. The first-order valence-corrected chi connectivity index (χ1v) is 14.7. The van der Waals surface area contributed by atoms with Crippen LogP contribution in [-0.4, -0.2) is 22.9 Å². The summed E-state index contributed by atoms with van der Waals surface area (Å²) in [5, 5.41) is 6.47. The zero-order chi connectivity index (χ0) is 28.2. The summed E-state index contributed by atoms with van der Waals surface area (Å²) in [6.07, 6.45) is 0. The molecule has 40 heavy (non-hydrogen) atoms. The van der Waals surface area contributed by atoms with Gasteiger partial charge in [0, 0.05) is 28.9 Å². The summed E-state index contributed by atoms with van der Waals surface area (Å²) >= 11 is 0. The van der Waals surface area contributed by atoms with Crippen molar-refractivity contribution in [3.8, 4) is 11.5 Å². The van der Waals surface area contributed by atoms with E-state index in [9.17, 15) is 21.6 Å². The van der Waals surface area contributed by atoms with E-state index in [2.05, 4.69) is 10.6 Å². The lowest BCUT2D eigenvalue weighted by Gasteiger charge is -2.12. The molecule has 9 nitrogen and oxygen atoms in total. The number of fused-ring (bicyclic) bond motifs is 1. The molecule has 5 aromatic rings. The molecule has 2 amide bonds. The van der Waals surface area contributed by atoms with Gasteiger partial charge in [0.1, 0.15) is 21.3 Å². The molecule has 0 aliphatic carbocycles. The van der Waals surface area contributed by atoms with Gasteiger partial charge in [0.05, 0.1) is 0 Å². The third kappa shape index (κ3) is 6.22. The van der Waals surface area contributed by atoms with Crippen molar-refractivity contribution >= 4 is 48.4 Å². The molecule has 0 spiro atoms. The van der Waals surface area contributed by atoms with Crippen LogP contribution in [0.25, 0.3) is 10.8 Å². The van der Waals surface area contributed by atoms with Gasteiger partial charge < -0.3 is 19.0 Å². The molecule has 0 atom stereocenters. The Morgan fingerprint density at radius 2 is 1.07 bits per heavy atom. The minimum Gasteiger partial charge on any atom is -0.379 e. The number of rotatable bonds is 8. The molecule has 0 aliphatic rings. The number of amides is 2. The van der Waals surface area contributed by atoms with E-state index >= 15 is 0 Å². The van der Waals surface area contributed by atoms with Gasteiger partial charge in [-0.15, -0.1) is 0 Å². The van der Waals surface area contributed by atoms with Crippen molar-refractivity contribution in [1.82, 2.24) is 0 Å².